The second-order valence-corrected chi connectivity index (χ2v) is 8.91. The molecule has 9 nitrogen and oxygen atoms in total. The van der Waals surface area contributed by atoms with E-state index in [0.717, 1.165) is 0 Å². The molecule has 0 radical (unpaired) electrons. The molecule has 1 amide bonds. The van der Waals surface area contributed by atoms with Crippen LogP contribution in [0.5, 0.6) is 0 Å². The largest absolute Gasteiger partial charge is 0.391 e. The molecule has 11 heteroatoms. The standard InChI is InChI=1S/C15H23ClN4O5S/c1-8(2)13(12-4-9(3)18-25-12)15(22)20-6-10(21)5-11(20)14(17)19-26(23,24)7-16/h4,8,10-11,13,21H,5-7H2,1-3H3,(H2,17,19)/t10-,11+,13?/m1/s1. The molecule has 146 valence electrons. The summed E-state index contributed by atoms with van der Waals surface area (Å²) in [6.45, 7) is 5.49. The smallest absolute Gasteiger partial charge is 0.268 e. The van der Waals surface area contributed by atoms with Crippen molar-refractivity contribution in [1.82, 2.24) is 10.1 Å². The molecule has 3 atom stereocenters. The van der Waals surface area contributed by atoms with Gasteiger partial charge in [-0.1, -0.05) is 19.0 Å². The van der Waals surface area contributed by atoms with Crippen LogP contribution in [-0.2, 0) is 14.8 Å². The number of amides is 1. The second kappa shape index (κ2) is 7.93. The Labute approximate surface area is 157 Å². The first-order valence-electron chi connectivity index (χ1n) is 8.11. The predicted molar refractivity (Wildman–Crippen MR) is 96.2 cm³/mol. The Hall–Kier alpha value is -1.65. The summed E-state index contributed by atoms with van der Waals surface area (Å²) in [5, 5.41) is 13.1. The number of sulfonamides is 1. The second-order valence-electron chi connectivity index (χ2n) is 6.70. The van der Waals surface area contributed by atoms with Crippen molar-refractivity contribution in [2.45, 2.75) is 45.3 Å². The van der Waals surface area contributed by atoms with Gasteiger partial charge in [0.15, 0.2) is 0 Å². The third-order valence-corrected chi connectivity index (χ3v) is 5.76. The lowest BCUT2D eigenvalue weighted by molar-refractivity contribution is -0.134. The van der Waals surface area contributed by atoms with E-state index in [1.165, 1.54) is 4.90 Å². The molecule has 3 N–H and O–H groups in total. The van der Waals surface area contributed by atoms with Crippen LogP contribution in [0.1, 0.15) is 37.6 Å². The number of aromatic nitrogens is 1. The number of likely N-dealkylation sites (tertiary alicyclic amines) is 1. The van der Waals surface area contributed by atoms with Crippen molar-refractivity contribution < 1.29 is 22.8 Å². The van der Waals surface area contributed by atoms with Gasteiger partial charge in [-0.3, -0.25) is 4.79 Å². The molecule has 1 aromatic rings. The molecular formula is C15H23ClN4O5S. The first-order chi connectivity index (χ1) is 12.1. The molecule has 0 aliphatic carbocycles. The van der Waals surface area contributed by atoms with Gasteiger partial charge in [0.25, 0.3) is 10.0 Å². The average molecular weight is 407 g/mol. The van der Waals surface area contributed by atoms with E-state index in [4.69, 9.17) is 21.9 Å². The van der Waals surface area contributed by atoms with Gasteiger partial charge in [0.2, 0.25) is 5.91 Å². The maximum absolute atomic E-state index is 13.1. The number of amidine groups is 1. The lowest BCUT2D eigenvalue weighted by Crippen LogP contribution is -2.46. The lowest BCUT2D eigenvalue weighted by Gasteiger charge is -2.28. The SMILES string of the molecule is Cc1cc(C(C(=O)N2C[C@H](O)C[C@H]2/C(N)=N/S(=O)(=O)CCl)C(C)C)on1. The fraction of sp³-hybridized carbons (Fsp3) is 0.667. The number of aliphatic hydroxyl groups excluding tert-OH is 1. The molecule has 2 heterocycles. The minimum absolute atomic E-state index is 0.0248. The summed E-state index contributed by atoms with van der Waals surface area (Å²) in [5.41, 5.74) is 6.47. The van der Waals surface area contributed by atoms with E-state index in [0.29, 0.717) is 11.5 Å². The minimum atomic E-state index is -3.93. The monoisotopic (exact) mass is 406 g/mol. The van der Waals surface area contributed by atoms with Crippen molar-refractivity contribution in [3.63, 3.8) is 0 Å². The number of nitrogens with zero attached hydrogens (tertiary/aromatic N) is 3. The normalized spacial score (nSPS) is 22.8. The van der Waals surface area contributed by atoms with Crippen LogP contribution in [0.2, 0.25) is 0 Å². The average Bonchev–Trinajstić information content (AvgIpc) is 3.13. The highest BCUT2D eigenvalue weighted by atomic mass is 35.5. The summed E-state index contributed by atoms with van der Waals surface area (Å²) in [5.74, 6) is -0.947. The number of carbonyl (C=O) groups is 1. The zero-order valence-electron chi connectivity index (χ0n) is 14.8. The first-order valence-corrected chi connectivity index (χ1v) is 10.3. The number of carbonyl (C=O) groups excluding carboxylic acids is 1. The fourth-order valence-corrected chi connectivity index (χ4v) is 3.67. The predicted octanol–water partition coefficient (Wildman–Crippen LogP) is 0.568. The number of β-amino-alcohol motifs (C(OH)–C–C–N with tert-alkyl or cyclic N) is 1. The number of alkyl halides is 1. The van der Waals surface area contributed by atoms with E-state index in [1.54, 1.807) is 13.0 Å². The van der Waals surface area contributed by atoms with Gasteiger partial charge < -0.3 is 20.3 Å². The Morgan fingerprint density at radius 1 is 1.58 bits per heavy atom. The molecule has 1 aliphatic heterocycles. The van der Waals surface area contributed by atoms with Crippen molar-refractivity contribution in [2.24, 2.45) is 16.0 Å². The lowest BCUT2D eigenvalue weighted by atomic mass is 9.91. The molecule has 1 aromatic heterocycles. The van der Waals surface area contributed by atoms with Crippen molar-refractivity contribution in [2.75, 3.05) is 11.8 Å². The zero-order chi connectivity index (χ0) is 19.6. The van der Waals surface area contributed by atoms with E-state index in [1.807, 2.05) is 13.8 Å². The Kier molecular flexibility index (Phi) is 6.30. The Morgan fingerprint density at radius 3 is 2.73 bits per heavy atom. The highest BCUT2D eigenvalue weighted by Crippen LogP contribution is 2.31. The molecule has 1 aliphatic rings. The third kappa shape index (κ3) is 4.54. The van der Waals surface area contributed by atoms with Crippen LogP contribution in [0, 0.1) is 12.8 Å². The van der Waals surface area contributed by atoms with E-state index in [2.05, 4.69) is 9.55 Å². The first kappa shape index (κ1) is 20.7. The van der Waals surface area contributed by atoms with Crippen LogP contribution < -0.4 is 5.73 Å². The molecule has 0 spiro atoms. The highest BCUT2D eigenvalue weighted by Gasteiger charge is 2.42. The number of rotatable bonds is 6. The van der Waals surface area contributed by atoms with Gasteiger partial charge in [0, 0.05) is 19.0 Å². The van der Waals surface area contributed by atoms with Gasteiger partial charge in [-0.2, -0.15) is 0 Å². The maximum Gasteiger partial charge on any atom is 0.268 e. The van der Waals surface area contributed by atoms with Gasteiger partial charge >= 0.3 is 0 Å². The number of aliphatic hydroxyl groups is 1. The molecular weight excluding hydrogens is 384 g/mol. The molecule has 1 fully saturated rings. The van der Waals surface area contributed by atoms with Gasteiger partial charge in [-0.15, -0.1) is 16.0 Å². The van der Waals surface area contributed by atoms with Crippen molar-refractivity contribution >= 4 is 33.4 Å². The summed E-state index contributed by atoms with van der Waals surface area (Å²) in [6.07, 6.45) is -0.736. The van der Waals surface area contributed by atoms with Crippen LogP contribution in [0.3, 0.4) is 0 Å². The quantitative estimate of drug-likeness (QED) is 0.399. The summed E-state index contributed by atoms with van der Waals surface area (Å²) in [6, 6.07) is 0.847. The summed E-state index contributed by atoms with van der Waals surface area (Å²) in [7, 11) is -3.93. The zero-order valence-corrected chi connectivity index (χ0v) is 16.4. The number of nitrogens with two attached hydrogens (primary N) is 1. The summed E-state index contributed by atoms with van der Waals surface area (Å²) >= 11 is 5.35. The number of halogens is 1. The van der Waals surface area contributed by atoms with Crippen molar-refractivity contribution in [3.8, 4) is 0 Å². The van der Waals surface area contributed by atoms with Crippen LogP contribution in [0.15, 0.2) is 15.0 Å². The minimum Gasteiger partial charge on any atom is -0.391 e. The van der Waals surface area contributed by atoms with Crippen molar-refractivity contribution in [3.05, 3.63) is 17.5 Å². The van der Waals surface area contributed by atoms with E-state index in [9.17, 15) is 18.3 Å². The summed E-state index contributed by atoms with van der Waals surface area (Å²) < 4.78 is 31.9. The topological polar surface area (TPSA) is 139 Å². The molecule has 1 unspecified atom stereocenters. The molecule has 0 aromatic carbocycles. The maximum atomic E-state index is 13.1. The highest BCUT2D eigenvalue weighted by molar-refractivity contribution is 7.91. The molecule has 1 saturated heterocycles. The van der Waals surface area contributed by atoms with Crippen LogP contribution in [-0.4, -0.2) is 59.2 Å². The Balaban J connectivity index is 2.35. The molecule has 26 heavy (non-hydrogen) atoms. The van der Waals surface area contributed by atoms with E-state index in [-0.39, 0.29) is 30.6 Å². The Morgan fingerprint density at radius 2 is 2.23 bits per heavy atom. The number of hydrogen-bond acceptors (Lipinski definition) is 6. The Bertz CT molecular complexity index is 792. The molecule has 0 saturated carbocycles. The van der Waals surface area contributed by atoms with E-state index >= 15 is 0 Å². The van der Waals surface area contributed by atoms with Gasteiger partial charge in [-0.25, -0.2) is 8.42 Å². The third-order valence-electron chi connectivity index (χ3n) is 4.17. The van der Waals surface area contributed by atoms with Gasteiger partial charge in [0.05, 0.1) is 17.8 Å². The van der Waals surface area contributed by atoms with Crippen LogP contribution in [0.25, 0.3) is 0 Å². The summed E-state index contributed by atoms with van der Waals surface area (Å²) in [4.78, 5) is 14.5. The van der Waals surface area contributed by atoms with Crippen LogP contribution in [0.4, 0.5) is 0 Å². The van der Waals surface area contributed by atoms with Gasteiger partial charge in [-0.05, 0) is 12.8 Å². The fourth-order valence-electron chi connectivity index (χ4n) is 3.03. The number of hydrogen-bond donors (Lipinski definition) is 2. The molecule has 0 bridgehead atoms. The number of aryl methyl sites for hydroxylation is 1. The van der Waals surface area contributed by atoms with Crippen molar-refractivity contribution in [1.29, 1.82) is 0 Å². The van der Waals surface area contributed by atoms with Crippen LogP contribution >= 0.6 is 11.6 Å². The van der Waals surface area contributed by atoms with E-state index < -0.39 is 33.3 Å². The molecule has 2 rings (SSSR count). The van der Waals surface area contributed by atoms with Gasteiger partial charge in [0.1, 0.15) is 22.7 Å².